The molecule has 3 aromatic heterocycles. The maximum atomic E-state index is 13.7. The summed E-state index contributed by atoms with van der Waals surface area (Å²) in [5, 5.41) is 7.19. The van der Waals surface area contributed by atoms with Gasteiger partial charge in [-0.25, -0.2) is 19.3 Å². The average molecular weight is 457 g/mol. The lowest BCUT2D eigenvalue weighted by Gasteiger charge is -2.15. The number of benzene rings is 1. The summed E-state index contributed by atoms with van der Waals surface area (Å²) in [6, 6.07) is 13.5. The first kappa shape index (κ1) is 21.1. The molecule has 0 radical (unpaired) electrons. The molecule has 2 aliphatic carbocycles. The van der Waals surface area contributed by atoms with E-state index in [0.717, 1.165) is 46.8 Å². The molecule has 2 saturated carbocycles. The van der Waals surface area contributed by atoms with E-state index in [1.54, 1.807) is 18.3 Å². The molecular weight excluding hydrogens is 427 g/mol. The number of halogens is 1. The molecule has 6 nitrogen and oxygen atoms in total. The second kappa shape index (κ2) is 9.05. The zero-order chi connectivity index (χ0) is 22.9. The van der Waals surface area contributed by atoms with Gasteiger partial charge in [0.25, 0.3) is 0 Å². The molecule has 2 aliphatic rings. The highest BCUT2D eigenvalue weighted by atomic mass is 19.1. The molecule has 0 saturated heterocycles. The standard InChI is InChI=1S/C27H29FN6/c28-19-11-9-18(10-12-19)25-26(23-15-16-29-27(32-23)31-21-7-3-4-8-21)34-17-22(13-14-24(34)33-25)30-20-5-1-2-6-20/h9-17,20-21,30H,1-8H2,(H,29,31,32). The highest BCUT2D eigenvalue weighted by Crippen LogP contribution is 2.34. The fourth-order valence-electron chi connectivity index (χ4n) is 5.30. The lowest BCUT2D eigenvalue weighted by Crippen LogP contribution is -2.16. The molecule has 0 aliphatic heterocycles. The third kappa shape index (κ3) is 4.22. The Morgan fingerprint density at radius 1 is 0.794 bits per heavy atom. The van der Waals surface area contributed by atoms with Crippen molar-refractivity contribution in [1.82, 2.24) is 19.4 Å². The van der Waals surface area contributed by atoms with Crippen LogP contribution >= 0.6 is 0 Å². The molecule has 0 spiro atoms. The van der Waals surface area contributed by atoms with E-state index in [0.29, 0.717) is 18.0 Å². The van der Waals surface area contributed by atoms with E-state index in [1.807, 2.05) is 12.1 Å². The van der Waals surface area contributed by atoms with Crippen molar-refractivity contribution in [2.75, 3.05) is 10.6 Å². The van der Waals surface area contributed by atoms with Crippen LogP contribution in [0.15, 0.2) is 54.9 Å². The van der Waals surface area contributed by atoms with Crippen molar-refractivity contribution in [2.45, 2.75) is 63.5 Å². The number of anilines is 2. The Labute approximate surface area is 198 Å². The molecule has 2 N–H and O–H groups in total. The molecule has 0 amide bonds. The minimum atomic E-state index is -0.262. The molecule has 34 heavy (non-hydrogen) atoms. The van der Waals surface area contributed by atoms with Crippen molar-refractivity contribution in [3.8, 4) is 22.6 Å². The molecule has 4 aromatic rings. The van der Waals surface area contributed by atoms with Crippen LogP contribution in [0.2, 0.25) is 0 Å². The van der Waals surface area contributed by atoms with Crippen molar-refractivity contribution in [3.63, 3.8) is 0 Å². The number of pyridine rings is 1. The Morgan fingerprint density at radius 3 is 2.24 bits per heavy atom. The van der Waals surface area contributed by atoms with Gasteiger partial charge in [0.15, 0.2) is 0 Å². The number of nitrogens with zero attached hydrogens (tertiary/aromatic N) is 4. The molecule has 6 rings (SSSR count). The number of rotatable bonds is 6. The van der Waals surface area contributed by atoms with Crippen LogP contribution in [-0.2, 0) is 0 Å². The second-order valence-electron chi connectivity index (χ2n) is 9.48. The van der Waals surface area contributed by atoms with Gasteiger partial charge in [-0.2, -0.15) is 0 Å². The van der Waals surface area contributed by atoms with Crippen molar-refractivity contribution in [3.05, 3.63) is 60.7 Å². The van der Waals surface area contributed by atoms with Crippen molar-refractivity contribution >= 4 is 17.3 Å². The van der Waals surface area contributed by atoms with E-state index in [2.05, 4.69) is 32.3 Å². The highest BCUT2D eigenvalue weighted by molar-refractivity contribution is 5.81. The number of aromatic nitrogens is 4. The van der Waals surface area contributed by atoms with Crippen LogP contribution in [0.4, 0.5) is 16.0 Å². The molecule has 3 heterocycles. The minimum Gasteiger partial charge on any atom is -0.381 e. The lowest BCUT2D eigenvalue weighted by atomic mass is 10.1. The van der Waals surface area contributed by atoms with Gasteiger partial charge in [0.05, 0.1) is 22.8 Å². The lowest BCUT2D eigenvalue weighted by molar-refractivity contribution is 0.628. The van der Waals surface area contributed by atoms with Crippen LogP contribution < -0.4 is 10.6 Å². The van der Waals surface area contributed by atoms with Gasteiger partial charge in [-0.1, -0.05) is 25.7 Å². The number of hydrogen-bond donors (Lipinski definition) is 2. The average Bonchev–Trinajstić information content (AvgIpc) is 3.61. The van der Waals surface area contributed by atoms with Crippen LogP contribution in [0.3, 0.4) is 0 Å². The maximum absolute atomic E-state index is 13.7. The first-order valence-corrected chi connectivity index (χ1v) is 12.4. The summed E-state index contributed by atoms with van der Waals surface area (Å²) < 4.78 is 15.8. The monoisotopic (exact) mass is 456 g/mol. The fraction of sp³-hybridized carbons (Fsp3) is 0.370. The van der Waals surface area contributed by atoms with Gasteiger partial charge in [-0.3, -0.25) is 4.40 Å². The summed E-state index contributed by atoms with van der Waals surface area (Å²) in [5.41, 5.74) is 5.21. The van der Waals surface area contributed by atoms with E-state index in [9.17, 15) is 4.39 Å². The van der Waals surface area contributed by atoms with Gasteiger partial charge >= 0.3 is 0 Å². The second-order valence-corrected chi connectivity index (χ2v) is 9.48. The summed E-state index contributed by atoms with van der Waals surface area (Å²) >= 11 is 0. The predicted octanol–water partition coefficient (Wildman–Crippen LogP) is 6.31. The first-order chi connectivity index (χ1) is 16.7. The number of nitrogens with one attached hydrogen (secondary N) is 2. The molecule has 0 bridgehead atoms. The molecule has 0 unspecified atom stereocenters. The molecule has 2 fully saturated rings. The zero-order valence-electron chi connectivity index (χ0n) is 19.2. The van der Waals surface area contributed by atoms with Gasteiger partial charge in [0.2, 0.25) is 5.95 Å². The summed E-state index contributed by atoms with van der Waals surface area (Å²) in [5.74, 6) is 0.381. The van der Waals surface area contributed by atoms with E-state index in [1.165, 1.54) is 50.7 Å². The predicted molar refractivity (Wildman–Crippen MR) is 133 cm³/mol. The number of hydrogen-bond acceptors (Lipinski definition) is 5. The molecular formula is C27H29FN6. The Bertz CT molecular complexity index is 1290. The van der Waals surface area contributed by atoms with E-state index in [4.69, 9.17) is 9.97 Å². The number of fused-ring (bicyclic) bond motifs is 1. The van der Waals surface area contributed by atoms with Gasteiger partial charge in [0, 0.05) is 30.0 Å². The van der Waals surface area contributed by atoms with Crippen molar-refractivity contribution < 1.29 is 4.39 Å². The summed E-state index contributed by atoms with van der Waals surface area (Å²) in [4.78, 5) is 14.3. The van der Waals surface area contributed by atoms with Crippen molar-refractivity contribution in [1.29, 1.82) is 0 Å². The fourth-order valence-corrected chi connectivity index (χ4v) is 5.30. The Balaban J connectivity index is 1.45. The van der Waals surface area contributed by atoms with Crippen LogP contribution in [0.25, 0.3) is 28.3 Å². The van der Waals surface area contributed by atoms with Crippen LogP contribution in [0, 0.1) is 5.82 Å². The number of imidazole rings is 1. The smallest absolute Gasteiger partial charge is 0.223 e. The minimum absolute atomic E-state index is 0.262. The summed E-state index contributed by atoms with van der Waals surface area (Å²) in [7, 11) is 0. The Kier molecular flexibility index (Phi) is 5.61. The Hall–Kier alpha value is -3.48. The zero-order valence-corrected chi connectivity index (χ0v) is 19.2. The van der Waals surface area contributed by atoms with E-state index < -0.39 is 0 Å². The van der Waals surface area contributed by atoms with E-state index in [-0.39, 0.29) is 5.82 Å². The third-order valence-corrected chi connectivity index (χ3v) is 7.05. The van der Waals surface area contributed by atoms with Crippen LogP contribution in [0.5, 0.6) is 0 Å². The molecule has 1 aromatic carbocycles. The van der Waals surface area contributed by atoms with Gasteiger partial charge in [-0.15, -0.1) is 0 Å². The molecule has 7 heteroatoms. The topological polar surface area (TPSA) is 67.1 Å². The maximum Gasteiger partial charge on any atom is 0.223 e. The van der Waals surface area contributed by atoms with Crippen molar-refractivity contribution in [2.24, 2.45) is 0 Å². The van der Waals surface area contributed by atoms with Gasteiger partial charge in [-0.05, 0) is 68.1 Å². The SMILES string of the molecule is Fc1ccc(-c2nc3ccc(NC4CCCC4)cn3c2-c2ccnc(NC3CCCC3)n2)cc1. The molecule has 174 valence electrons. The third-order valence-electron chi connectivity index (χ3n) is 7.05. The molecule has 0 atom stereocenters. The van der Waals surface area contributed by atoms with Gasteiger partial charge in [0.1, 0.15) is 11.5 Å². The Morgan fingerprint density at radius 2 is 1.50 bits per heavy atom. The summed E-state index contributed by atoms with van der Waals surface area (Å²) in [6.45, 7) is 0. The first-order valence-electron chi connectivity index (χ1n) is 12.4. The largest absolute Gasteiger partial charge is 0.381 e. The van der Waals surface area contributed by atoms with E-state index >= 15 is 0 Å². The van der Waals surface area contributed by atoms with Gasteiger partial charge < -0.3 is 10.6 Å². The summed E-state index contributed by atoms with van der Waals surface area (Å²) in [6.07, 6.45) is 13.7. The van der Waals surface area contributed by atoms with Crippen LogP contribution in [-0.4, -0.2) is 31.4 Å². The normalized spacial score (nSPS) is 17.0. The quantitative estimate of drug-likeness (QED) is 0.356. The highest BCUT2D eigenvalue weighted by Gasteiger charge is 2.21. The van der Waals surface area contributed by atoms with Crippen LogP contribution in [0.1, 0.15) is 51.4 Å².